The van der Waals surface area contributed by atoms with E-state index in [9.17, 15) is 9.59 Å². The topological polar surface area (TPSA) is 40.6 Å². The number of carbonyl (C=O) groups excluding carboxylic acids is 2. The lowest BCUT2D eigenvalue weighted by molar-refractivity contribution is -0.123. The summed E-state index contributed by atoms with van der Waals surface area (Å²) in [6.07, 6.45) is 4.31. The van der Waals surface area contributed by atoms with E-state index in [1.54, 1.807) is 4.90 Å². The number of thiocarbonyl (C=S) groups is 1. The van der Waals surface area contributed by atoms with Gasteiger partial charge in [-0.3, -0.25) is 14.5 Å². The van der Waals surface area contributed by atoms with Gasteiger partial charge in [-0.15, -0.1) is 0 Å². The van der Waals surface area contributed by atoms with Crippen molar-refractivity contribution in [2.24, 2.45) is 0 Å². The fraction of sp³-hybridized carbons (Fsp3) is 0.320. The van der Waals surface area contributed by atoms with Crippen molar-refractivity contribution in [3.05, 3.63) is 69.0 Å². The minimum atomic E-state index is -0.203. The van der Waals surface area contributed by atoms with Crippen molar-refractivity contribution in [1.29, 1.82) is 0 Å². The van der Waals surface area contributed by atoms with E-state index >= 15 is 0 Å². The van der Waals surface area contributed by atoms with E-state index in [4.69, 9.17) is 12.2 Å². The van der Waals surface area contributed by atoms with Crippen LogP contribution in [0.5, 0.6) is 0 Å². The average Bonchev–Trinajstić information content (AvgIpc) is 3.22. The highest BCUT2D eigenvalue weighted by atomic mass is 79.9. The number of anilines is 1. The van der Waals surface area contributed by atoms with Gasteiger partial charge in [-0.1, -0.05) is 96.4 Å². The van der Waals surface area contributed by atoms with Crippen LogP contribution in [0.1, 0.15) is 56.7 Å². The molecule has 0 aliphatic carbocycles. The van der Waals surface area contributed by atoms with Crippen LogP contribution < -0.4 is 4.90 Å². The zero-order valence-electron chi connectivity index (χ0n) is 18.1. The zero-order chi connectivity index (χ0) is 22.8. The molecule has 2 aromatic rings. The van der Waals surface area contributed by atoms with Gasteiger partial charge in [0.1, 0.15) is 4.32 Å². The number of thioether (sulfide) groups is 1. The molecule has 4 nitrogen and oxygen atoms in total. The number of nitrogens with zero attached hydrogens (tertiary/aromatic N) is 2. The Bertz CT molecular complexity index is 1100. The fourth-order valence-electron chi connectivity index (χ4n) is 4.19. The Balaban J connectivity index is 1.71. The molecule has 0 saturated carbocycles. The SMILES string of the molecule is CCCCCCN1C(=O)/C(=C2\SC(=S)N([C@@H](C)c3ccccc3)C2=O)c2cc(Br)ccc21. The summed E-state index contributed by atoms with van der Waals surface area (Å²) >= 11 is 10.4. The highest BCUT2D eigenvalue weighted by Gasteiger charge is 2.43. The van der Waals surface area contributed by atoms with E-state index in [0.29, 0.717) is 21.3 Å². The first-order valence-corrected chi connectivity index (χ1v) is 12.9. The van der Waals surface area contributed by atoms with Crippen molar-refractivity contribution >= 4 is 67.3 Å². The van der Waals surface area contributed by atoms with Crippen LogP contribution in [0.15, 0.2) is 57.9 Å². The van der Waals surface area contributed by atoms with Crippen LogP contribution in [-0.2, 0) is 9.59 Å². The number of carbonyl (C=O) groups is 2. The molecule has 0 spiro atoms. The molecule has 7 heteroatoms. The molecule has 2 amide bonds. The average molecular weight is 530 g/mol. The van der Waals surface area contributed by atoms with Gasteiger partial charge >= 0.3 is 0 Å². The summed E-state index contributed by atoms with van der Waals surface area (Å²) in [6.45, 7) is 4.79. The highest BCUT2D eigenvalue weighted by molar-refractivity contribution is 9.10. The Labute approximate surface area is 207 Å². The van der Waals surface area contributed by atoms with Gasteiger partial charge in [-0.25, -0.2) is 0 Å². The molecule has 0 unspecified atom stereocenters. The number of unbranched alkanes of at least 4 members (excludes halogenated alkanes) is 3. The fourth-order valence-corrected chi connectivity index (χ4v) is 6.04. The molecular formula is C25H25BrN2O2S2. The Morgan fingerprint density at radius 3 is 2.50 bits per heavy atom. The van der Waals surface area contributed by atoms with Gasteiger partial charge in [-0.2, -0.15) is 0 Å². The molecular weight excluding hydrogens is 504 g/mol. The molecule has 2 aromatic carbocycles. The molecule has 0 N–H and O–H groups in total. The number of rotatable bonds is 7. The van der Waals surface area contributed by atoms with Crippen molar-refractivity contribution in [1.82, 2.24) is 4.90 Å². The number of hydrogen-bond donors (Lipinski definition) is 0. The first-order valence-electron chi connectivity index (χ1n) is 10.9. The van der Waals surface area contributed by atoms with E-state index in [1.807, 2.05) is 60.4 Å². The van der Waals surface area contributed by atoms with E-state index in [1.165, 1.54) is 11.8 Å². The molecule has 2 aliphatic rings. The van der Waals surface area contributed by atoms with Crippen LogP contribution in [0.3, 0.4) is 0 Å². The Morgan fingerprint density at radius 2 is 1.78 bits per heavy atom. The summed E-state index contributed by atoms with van der Waals surface area (Å²) in [4.78, 5) is 31.0. The molecule has 1 atom stereocenters. The maximum Gasteiger partial charge on any atom is 0.267 e. The van der Waals surface area contributed by atoms with Gasteiger partial charge < -0.3 is 4.90 Å². The maximum absolute atomic E-state index is 13.5. The Morgan fingerprint density at radius 1 is 1.03 bits per heavy atom. The van der Waals surface area contributed by atoms with Crippen LogP contribution >= 0.6 is 39.9 Å². The maximum atomic E-state index is 13.5. The molecule has 2 heterocycles. The molecule has 166 valence electrons. The molecule has 4 rings (SSSR count). The van der Waals surface area contributed by atoms with Gasteiger partial charge in [0.2, 0.25) is 0 Å². The van der Waals surface area contributed by atoms with Gasteiger partial charge in [-0.05, 0) is 37.1 Å². The van der Waals surface area contributed by atoms with E-state index < -0.39 is 0 Å². The van der Waals surface area contributed by atoms with Gasteiger partial charge in [0.15, 0.2) is 0 Å². The standard InChI is InChI=1S/C25H25BrN2O2S2/c1-3-4-5-9-14-27-20-13-12-18(26)15-19(20)21(23(27)29)22-24(30)28(25(31)32-22)16(2)17-10-7-6-8-11-17/h6-8,10-13,15-16H,3-5,9,14H2,1-2H3/b22-21-/t16-/m0/s1. The van der Waals surface area contributed by atoms with Crippen LogP contribution in [-0.4, -0.2) is 27.6 Å². The van der Waals surface area contributed by atoms with E-state index in [0.717, 1.165) is 47.0 Å². The lowest BCUT2D eigenvalue weighted by atomic mass is 10.1. The highest BCUT2D eigenvalue weighted by Crippen LogP contribution is 2.47. The van der Waals surface area contributed by atoms with Crippen LogP contribution in [0.25, 0.3) is 5.57 Å². The molecule has 2 aliphatic heterocycles. The summed E-state index contributed by atoms with van der Waals surface area (Å²) in [7, 11) is 0. The van der Waals surface area contributed by atoms with E-state index in [-0.39, 0.29) is 17.9 Å². The molecule has 0 radical (unpaired) electrons. The lowest BCUT2D eigenvalue weighted by Crippen LogP contribution is -2.32. The van der Waals surface area contributed by atoms with Crippen LogP contribution in [0.2, 0.25) is 0 Å². The number of benzene rings is 2. The second kappa shape index (κ2) is 9.89. The summed E-state index contributed by atoms with van der Waals surface area (Å²) in [6, 6.07) is 15.5. The second-order valence-electron chi connectivity index (χ2n) is 8.01. The van der Waals surface area contributed by atoms with Crippen LogP contribution in [0.4, 0.5) is 5.69 Å². The smallest absolute Gasteiger partial charge is 0.267 e. The van der Waals surface area contributed by atoms with Gasteiger partial charge in [0, 0.05) is 16.6 Å². The van der Waals surface area contributed by atoms with Gasteiger partial charge in [0.25, 0.3) is 11.8 Å². The third kappa shape index (κ3) is 4.30. The van der Waals surface area contributed by atoms with Crippen molar-refractivity contribution in [2.75, 3.05) is 11.4 Å². The normalized spacial score (nSPS) is 19.2. The molecule has 1 saturated heterocycles. The number of halogens is 1. The first-order chi connectivity index (χ1) is 15.4. The number of fused-ring (bicyclic) bond motifs is 1. The van der Waals surface area contributed by atoms with Crippen molar-refractivity contribution in [3.8, 4) is 0 Å². The monoisotopic (exact) mass is 528 g/mol. The van der Waals surface area contributed by atoms with Gasteiger partial charge in [0.05, 0.1) is 22.2 Å². The minimum absolute atomic E-state index is 0.109. The summed E-state index contributed by atoms with van der Waals surface area (Å²) in [5.74, 6) is -0.305. The van der Waals surface area contributed by atoms with Crippen molar-refractivity contribution < 1.29 is 9.59 Å². The van der Waals surface area contributed by atoms with Crippen LogP contribution in [0, 0.1) is 0 Å². The summed E-state index contributed by atoms with van der Waals surface area (Å²) in [5.41, 5.74) is 3.14. The Hall–Kier alpha value is -1.96. The zero-order valence-corrected chi connectivity index (χ0v) is 21.4. The molecule has 0 aromatic heterocycles. The first kappa shape index (κ1) is 23.2. The third-order valence-corrected chi connectivity index (χ3v) is 7.80. The largest absolute Gasteiger partial charge is 0.308 e. The second-order valence-corrected chi connectivity index (χ2v) is 10.6. The van der Waals surface area contributed by atoms with E-state index in [2.05, 4.69) is 22.9 Å². The predicted octanol–water partition coefficient (Wildman–Crippen LogP) is 6.71. The summed E-state index contributed by atoms with van der Waals surface area (Å²) in [5, 5.41) is 0. The van der Waals surface area contributed by atoms with Crippen molar-refractivity contribution in [2.45, 2.75) is 45.6 Å². The van der Waals surface area contributed by atoms with Crippen molar-refractivity contribution in [3.63, 3.8) is 0 Å². The molecule has 0 bridgehead atoms. The molecule has 32 heavy (non-hydrogen) atoms. The number of amides is 2. The minimum Gasteiger partial charge on any atom is -0.308 e. The Kier molecular flexibility index (Phi) is 7.17. The quantitative estimate of drug-likeness (QED) is 0.227. The number of hydrogen-bond acceptors (Lipinski definition) is 4. The summed E-state index contributed by atoms with van der Waals surface area (Å²) < 4.78 is 1.36. The third-order valence-electron chi connectivity index (χ3n) is 5.91. The predicted molar refractivity (Wildman–Crippen MR) is 139 cm³/mol. The molecule has 1 fully saturated rings. The lowest BCUT2D eigenvalue weighted by Gasteiger charge is -2.23.